The molecule has 1 aromatic carbocycles. The molecule has 0 bridgehead atoms. The van der Waals surface area contributed by atoms with E-state index in [1.807, 2.05) is 24.3 Å². The summed E-state index contributed by atoms with van der Waals surface area (Å²) in [6.45, 7) is 1.36. The van der Waals surface area contributed by atoms with Crippen LogP contribution in [0.4, 0.5) is 5.69 Å². The van der Waals surface area contributed by atoms with Crippen molar-refractivity contribution in [2.24, 2.45) is 5.41 Å². The van der Waals surface area contributed by atoms with E-state index in [1.165, 1.54) is 6.42 Å². The number of nitrogens with zero attached hydrogens (tertiary/aromatic N) is 1. The molecule has 1 saturated carbocycles. The van der Waals surface area contributed by atoms with E-state index in [2.05, 4.69) is 33.0 Å². The Morgan fingerprint density at radius 2 is 2.04 bits per heavy atom. The molecular formula is C20H25BrN2O2. The molecular weight excluding hydrogens is 380 g/mol. The highest BCUT2D eigenvalue weighted by molar-refractivity contribution is 9.09. The maximum absolute atomic E-state index is 9.82. The first-order chi connectivity index (χ1) is 12.1. The van der Waals surface area contributed by atoms with Crippen LogP contribution in [0.1, 0.15) is 31.2 Å². The van der Waals surface area contributed by atoms with E-state index in [9.17, 15) is 5.11 Å². The highest BCUT2D eigenvalue weighted by Gasteiger charge is 2.35. The van der Waals surface area contributed by atoms with Gasteiger partial charge in [-0.2, -0.15) is 0 Å². The lowest BCUT2D eigenvalue weighted by Gasteiger charge is -2.37. The summed E-state index contributed by atoms with van der Waals surface area (Å²) in [5.74, 6) is 0. The second-order valence-electron chi connectivity index (χ2n) is 7.02. The van der Waals surface area contributed by atoms with Crippen LogP contribution in [-0.4, -0.2) is 28.1 Å². The number of alkyl halides is 1. The van der Waals surface area contributed by atoms with Crippen molar-refractivity contribution in [3.8, 4) is 11.3 Å². The van der Waals surface area contributed by atoms with Crippen LogP contribution in [0.2, 0.25) is 0 Å². The Bertz CT molecular complexity index is 675. The van der Waals surface area contributed by atoms with Crippen LogP contribution in [0.3, 0.4) is 0 Å². The fourth-order valence-electron chi connectivity index (χ4n) is 3.43. The number of hydrogen-bond donors (Lipinski definition) is 2. The van der Waals surface area contributed by atoms with Crippen LogP contribution in [0.5, 0.6) is 0 Å². The van der Waals surface area contributed by atoms with E-state index in [0.717, 1.165) is 36.1 Å². The van der Waals surface area contributed by atoms with Gasteiger partial charge in [0, 0.05) is 15.8 Å². The van der Waals surface area contributed by atoms with Gasteiger partial charge in [0.1, 0.15) is 0 Å². The molecule has 25 heavy (non-hydrogen) atoms. The zero-order chi connectivity index (χ0) is 17.7. The summed E-state index contributed by atoms with van der Waals surface area (Å²) >= 11 is 3.70. The van der Waals surface area contributed by atoms with Crippen molar-refractivity contribution >= 4 is 21.6 Å². The maximum atomic E-state index is 9.82. The fraction of sp³-hybridized carbons (Fsp3) is 0.450. The molecule has 1 heterocycles. The normalized spacial score (nSPS) is 23.5. The molecule has 1 aliphatic carbocycles. The minimum absolute atomic E-state index is 0.0970. The van der Waals surface area contributed by atoms with E-state index in [-0.39, 0.29) is 12.0 Å². The third-order valence-electron chi connectivity index (χ3n) is 4.93. The Balaban J connectivity index is 1.56. The van der Waals surface area contributed by atoms with Crippen LogP contribution in [0, 0.1) is 5.41 Å². The molecule has 0 spiro atoms. The number of benzene rings is 1. The van der Waals surface area contributed by atoms with Gasteiger partial charge in [0.25, 0.3) is 0 Å². The molecule has 2 unspecified atom stereocenters. The molecule has 2 aromatic rings. The highest BCUT2D eigenvalue weighted by atomic mass is 79.9. The van der Waals surface area contributed by atoms with E-state index >= 15 is 0 Å². The van der Waals surface area contributed by atoms with Crippen molar-refractivity contribution in [3.63, 3.8) is 0 Å². The van der Waals surface area contributed by atoms with Gasteiger partial charge in [-0.25, -0.2) is 0 Å². The van der Waals surface area contributed by atoms with Crippen LogP contribution in [-0.2, 0) is 11.3 Å². The number of pyridine rings is 1. The van der Waals surface area contributed by atoms with Gasteiger partial charge in [0.05, 0.1) is 37.4 Å². The zero-order valence-corrected chi connectivity index (χ0v) is 15.9. The second-order valence-corrected chi connectivity index (χ2v) is 8.31. The van der Waals surface area contributed by atoms with Crippen molar-refractivity contribution in [2.75, 3.05) is 18.9 Å². The molecule has 1 aliphatic rings. The zero-order valence-electron chi connectivity index (χ0n) is 14.3. The molecule has 2 atom stereocenters. The van der Waals surface area contributed by atoms with Gasteiger partial charge in [-0.1, -0.05) is 46.6 Å². The Kier molecular flexibility index (Phi) is 6.10. The standard InChI is InChI=1S/C20H25BrN2O2/c21-17-2-1-9-20(10-17,13-24)14-25-12-15-3-5-16(6-4-15)19-8-7-18(22)11-23-19/h3-8,11,17,24H,1-2,9-10,12-14,22H2. The van der Waals surface area contributed by atoms with Crippen molar-refractivity contribution in [3.05, 3.63) is 48.2 Å². The number of hydrogen-bond acceptors (Lipinski definition) is 4. The van der Waals surface area contributed by atoms with E-state index in [1.54, 1.807) is 6.20 Å². The third kappa shape index (κ3) is 4.81. The SMILES string of the molecule is Nc1ccc(-c2ccc(COCC3(CO)CCCC(Br)C3)cc2)nc1. The van der Waals surface area contributed by atoms with Crippen molar-refractivity contribution in [1.82, 2.24) is 4.98 Å². The molecule has 134 valence electrons. The summed E-state index contributed by atoms with van der Waals surface area (Å²) in [7, 11) is 0. The molecule has 5 heteroatoms. The first kappa shape index (κ1) is 18.4. The fourth-order valence-corrected chi connectivity index (χ4v) is 4.44. The number of aliphatic hydroxyl groups excluding tert-OH is 1. The van der Waals surface area contributed by atoms with E-state index in [0.29, 0.717) is 23.7 Å². The minimum Gasteiger partial charge on any atom is -0.397 e. The average Bonchev–Trinajstić information content (AvgIpc) is 2.63. The summed E-state index contributed by atoms with van der Waals surface area (Å²) in [6.07, 6.45) is 6.01. The van der Waals surface area contributed by atoms with Gasteiger partial charge in [-0.3, -0.25) is 4.98 Å². The Morgan fingerprint density at radius 1 is 1.24 bits per heavy atom. The molecule has 0 radical (unpaired) electrons. The quantitative estimate of drug-likeness (QED) is 0.708. The summed E-state index contributed by atoms with van der Waals surface area (Å²) in [5, 5.41) is 9.82. The third-order valence-corrected chi connectivity index (χ3v) is 5.71. The second kappa shape index (κ2) is 8.30. The predicted molar refractivity (Wildman–Crippen MR) is 104 cm³/mol. The smallest absolute Gasteiger partial charge is 0.0717 e. The van der Waals surface area contributed by atoms with Gasteiger partial charge in [0.15, 0.2) is 0 Å². The molecule has 4 nitrogen and oxygen atoms in total. The first-order valence-electron chi connectivity index (χ1n) is 8.74. The summed E-state index contributed by atoms with van der Waals surface area (Å²) in [5.41, 5.74) is 9.34. The van der Waals surface area contributed by atoms with E-state index < -0.39 is 0 Å². The summed E-state index contributed by atoms with van der Waals surface area (Å²) < 4.78 is 5.95. The molecule has 3 N–H and O–H groups in total. The largest absolute Gasteiger partial charge is 0.397 e. The van der Waals surface area contributed by atoms with Gasteiger partial charge in [-0.05, 0) is 37.0 Å². The predicted octanol–water partition coefficient (Wildman–Crippen LogP) is 4.16. The number of ether oxygens (including phenoxy) is 1. The molecule has 1 aromatic heterocycles. The Hall–Kier alpha value is -1.43. The summed E-state index contributed by atoms with van der Waals surface area (Å²) in [6, 6.07) is 12.0. The number of aromatic nitrogens is 1. The van der Waals surface area contributed by atoms with Crippen molar-refractivity contribution in [2.45, 2.75) is 37.1 Å². The number of rotatable bonds is 6. The monoisotopic (exact) mass is 404 g/mol. The molecule has 1 fully saturated rings. The highest BCUT2D eigenvalue weighted by Crippen LogP contribution is 2.39. The first-order valence-corrected chi connectivity index (χ1v) is 9.65. The summed E-state index contributed by atoms with van der Waals surface area (Å²) in [4.78, 5) is 4.83. The molecule has 0 saturated heterocycles. The lowest BCUT2D eigenvalue weighted by molar-refractivity contribution is -0.0208. The topological polar surface area (TPSA) is 68.4 Å². The Labute approximate surface area is 157 Å². The lowest BCUT2D eigenvalue weighted by Crippen LogP contribution is -2.36. The number of halogens is 1. The lowest BCUT2D eigenvalue weighted by atomic mass is 9.75. The number of anilines is 1. The molecule has 0 aliphatic heterocycles. The maximum Gasteiger partial charge on any atom is 0.0717 e. The number of aliphatic hydroxyl groups is 1. The minimum atomic E-state index is -0.0970. The average molecular weight is 405 g/mol. The Morgan fingerprint density at radius 3 is 2.68 bits per heavy atom. The van der Waals surface area contributed by atoms with Gasteiger partial charge in [0.2, 0.25) is 0 Å². The number of nitrogen functional groups attached to an aromatic ring is 1. The number of nitrogens with two attached hydrogens (primary N) is 1. The van der Waals surface area contributed by atoms with E-state index in [4.69, 9.17) is 10.5 Å². The van der Waals surface area contributed by atoms with Crippen LogP contribution < -0.4 is 5.73 Å². The van der Waals surface area contributed by atoms with Crippen molar-refractivity contribution in [1.29, 1.82) is 0 Å². The molecule has 3 rings (SSSR count). The van der Waals surface area contributed by atoms with Crippen LogP contribution in [0.25, 0.3) is 11.3 Å². The van der Waals surface area contributed by atoms with Crippen LogP contribution in [0.15, 0.2) is 42.6 Å². The molecule has 0 amide bonds. The van der Waals surface area contributed by atoms with Crippen LogP contribution >= 0.6 is 15.9 Å². The van der Waals surface area contributed by atoms with Crippen molar-refractivity contribution < 1.29 is 9.84 Å². The van der Waals surface area contributed by atoms with Gasteiger partial charge >= 0.3 is 0 Å². The van der Waals surface area contributed by atoms with Gasteiger partial charge < -0.3 is 15.6 Å². The van der Waals surface area contributed by atoms with Gasteiger partial charge in [-0.15, -0.1) is 0 Å².